The van der Waals surface area contributed by atoms with Crippen molar-refractivity contribution in [3.05, 3.63) is 58.0 Å². The second-order valence-electron chi connectivity index (χ2n) is 4.97. The Balaban J connectivity index is 2.18. The van der Waals surface area contributed by atoms with Crippen molar-refractivity contribution in [3.63, 3.8) is 0 Å². The van der Waals surface area contributed by atoms with Crippen LogP contribution in [0.25, 0.3) is 5.65 Å². The fourth-order valence-electron chi connectivity index (χ4n) is 2.27. The molecule has 0 aliphatic rings. The summed E-state index contributed by atoms with van der Waals surface area (Å²) in [6.07, 6.45) is 0. The first-order chi connectivity index (χ1) is 9.59. The van der Waals surface area contributed by atoms with Crippen molar-refractivity contribution in [2.45, 2.75) is 26.7 Å². The van der Waals surface area contributed by atoms with E-state index < -0.39 is 0 Å². The first kappa shape index (κ1) is 13.1. The maximum Gasteiger partial charge on any atom is 0.181 e. The Morgan fingerprint density at radius 1 is 1.05 bits per heavy atom. The quantitative estimate of drug-likeness (QED) is 0.723. The average Bonchev–Trinajstić information content (AvgIpc) is 2.89. The van der Waals surface area contributed by atoms with Crippen LogP contribution in [0, 0.1) is 13.8 Å². The molecule has 0 spiro atoms. The molecule has 0 amide bonds. The third-order valence-electron chi connectivity index (χ3n) is 3.75. The van der Waals surface area contributed by atoms with Gasteiger partial charge in [-0.1, -0.05) is 48.9 Å². The minimum Gasteiger partial charge on any atom is -0.195 e. The molecule has 2 aromatic heterocycles. The Morgan fingerprint density at radius 2 is 1.75 bits per heavy atom. The lowest BCUT2D eigenvalue weighted by Gasteiger charge is -2.10. The fraction of sp³-hybridized carbons (Fsp3) is 0.267. The Morgan fingerprint density at radius 3 is 2.45 bits per heavy atom. The molecule has 0 aliphatic heterocycles. The zero-order chi connectivity index (χ0) is 14.3. The predicted octanol–water partition coefficient (Wildman–Crippen LogP) is 3.55. The van der Waals surface area contributed by atoms with Gasteiger partial charge in [-0.05, 0) is 25.0 Å². The number of aromatic nitrogens is 4. The van der Waals surface area contributed by atoms with Crippen molar-refractivity contribution in [2.75, 3.05) is 0 Å². The predicted molar refractivity (Wildman–Crippen MR) is 79.2 cm³/mol. The van der Waals surface area contributed by atoms with Crippen LogP contribution in [0.4, 0.5) is 0 Å². The van der Waals surface area contributed by atoms with Gasteiger partial charge in [0, 0.05) is 11.5 Å². The zero-order valence-electron chi connectivity index (χ0n) is 11.6. The molecular weight excluding hydrogens is 272 g/mol. The van der Waals surface area contributed by atoms with E-state index in [1.807, 2.05) is 32.0 Å². The van der Waals surface area contributed by atoms with E-state index in [4.69, 9.17) is 11.6 Å². The van der Waals surface area contributed by atoms with Gasteiger partial charge in [0.05, 0.1) is 0 Å². The molecule has 1 aromatic carbocycles. The monoisotopic (exact) mass is 286 g/mol. The van der Waals surface area contributed by atoms with Crippen LogP contribution in [0.5, 0.6) is 0 Å². The number of nitrogens with zero attached hydrogens (tertiary/aromatic N) is 4. The molecule has 1 atom stereocenters. The van der Waals surface area contributed by atoms with Gasteiger partial charge in [0.25, 0.3) is 0 Å². The maximum atomic E-state index is 6.19. The summed E-state index contributed by atoms with van der Waals surface area (Å²) >= 11 is 6.19. The third kappa shape index (κ3) is 1.96. The topological polar surface area (TPSA) is 43.1 Å². The van der Waals surface area contributed by atoms with Gasteiger partial charge in [-0.15, -0.1) is 10.2 Å². The van der Waals surface area contributed by atoms with E-state index in [0.29, 0.717) is 5.15 Å². The van der Waals surface area contributed by atoms with Gasteiger partial charge in [-0.25, -0.2) is 0 Å². The Hall–Kier alpha value is -1.94. The minimum atomic E-state index is 0.108. The number of rotatable bonds is 2. The van der Waals surface area contributed by atoms with E-state index in [2.05, 4.69) is 34.4 Å². The molecule has 3 aromatic rings. The number of benzene rings is 1. The Labute approximate surface area is 122 Å². The van der Waals surface area contributed by atoms with Crippen molar-refractivity contribution in [2.24, 2.45) is 0 Å². The SMILES string of the molecule is Cc1c(Cl)nn2c(C(C)c3ccccc3)nnc2c1C. The molecule has 102 valence electrons. The van der Waals surface area contributed by atoms with Gasteiger partial charge >= 0.3 is 0 Å². The van der Waals surface area contributed by atoms with E-state index in [9.17, 15) is 0 Å². The summed E-state index contributed by atoms with van der Waals surface area (Å²) in [4.78, 5) is 0. The number of fused-ring (bicyclic) bond motifs is 1. The summed E-state index contributed by atoms with van der Waals surface area (Å²) in [5.74, 6) is 0.910. The van der Waals surface area contributed by atoms with Gasteiger partial charge in [0.2, 0.25) is 0 Å². The molecule has 4 nitrogen and oxygen atoms in total. The first-order valence-corrected chi connectivity index (χ1v) is 6.90. The van der Waals surface area contributed by atoms with Crippen LogP contribution in [0.15, 0.2) is 30.3 Å². The third-order valence-corrected chi connectivity index (χ3v) is 4.11. The summed E-state index contributed by atoms with van der Waals surface area (Å²) in [7, 11) is 0. The first-order valence-electron chi connectivity index (χ1n) is 6.52. The molecule has 0 bridgehead atoms. The lowest BCUT2D eigenvalue weighted by Crippen LogP contribution is -2.06. The van der Waals surface area contributed by atoms with Crippen LogP contribution in [-0.4, -0.2) is 19.8 Å². The lowest BCUT2D eigenvalue weighted by atomic mass is 10.0. The van der Waals surface area contributed by atoms with Gasteiger partial charge in [-0.3, -0.25) is 0 Å². The second kappa shape index (κ2) is 4.87. The van der Waals surface area contributed by atoms with Crippen LogP contribution >= 0.6 is 11.6 Å². The Kier molecular flexibility index (Phi) is 3.18. The lowest BCUT2D eigenvalue weighted by molar-refractivity contribution is 0.748. The zero-order valence-corrected chi connectivity index (χ0v) is 12.4. The van der Waals surface area contributed by atoms with Crippen molar-refractivity contribution in [3.8, 4) is 0 Å². The summed E-state index contributed by atoms with van der Waals surface area (Å²) in [5.41, 5.74) is 3.91. The van der Waals surface area contributed by atoms with Gasteiger partial charge in [-0.2, -0.15) is 9.61 Å². The molecule has 0 fully saturated rings. The van der Waals surface area contributed by atoms with E-state index >= 15 is 0 Å². The highest BCUT2D eigenvalue weighted by atomic mass is 35.5. The highest BCUT2D eigenvalue weighted by Gasteiger charge is 2.19. The molecule has 0 saturated carbocycles. The Bertz CT molecular complexity index is 764. The van der Waals surface area contributed by atoms with Crippen LogP contribution < -0.4 is 0 Å². The summed E-state index contributed by atoms with van der Waals surface area (Å²) in [6, 6.07) is 10.2. The smallest absolute Gasteiger partial charge is 0.181 e. The number of hydrogen-bond donors (Lipinski definition) is 0. The molecule has 0 saturated heterocycles. The fourth-order valence-corrected chi connectivity index (χ4v) is 2.49. The van der Waals surface area contributed by atoms with E-state index in [1.165, 1.54) is 5.56 Å². The maximum absolute atomic E-state index is 6.19. The summed E-state index contributed by atoms with van der Waals surface area (Å²) in [6.45, 7) is 6.03. The molecule has 0 aliphatic carbocycles. The number of halogens is 1. The van der Waals surface area contributed by atoms with E-state index in [-0.39, 0.29) is 5.92 Å². The molecular formula is C15H15ClN4. The molecule has 0 radical (unpaired) electrons. The van der Waals surface area contributed by atoms with Crippen molar-refractivity contribution < 1.29 is 0 Å². The van der Waals surface area contributed by atoms with Gasteiger partial charge < -0.3 is 0 Å². The van der Waals surface area contributed by atoms with Crippen LogP contribution in [0.2, 0.25) is 5.15 Å². The second-order valence-corrected chi connectivity index (χ2v) is 5.32. The highest BCUT2D eigenvalue weighted by Crippen LogP contribution is 2.25. The minimum absolute atomic E-state index is 0.108. The number of hydrogen-bond acceptors (Lipinski definition) is 3. The van der Waals surface area contributed by atoms with Gasteiger partial charge in [0.15, 0.2) is 16.6 Å². The molecule has 20 heavy (non-hydrogen) atoms. The molecule has 0 N–H and O–H groups in total. The van der Waals surface area contributed by atoms with Crippen LogP contribution in [-0.2, 0) is 0 Å². The summed E-state index contributed by atoms with van der Waals surface area (Å²) < 4.78 is 1.75. The highest BCUT2D eigenvalue weighted by molar-refractivity contribution is 6.30. The standard InChI is InChI=1S/C15H15ClN4/c1-9-10(2)14-17-18-15(20(14)19-13(9)16)11(3)12-7-5-4-6-8-12/h4-8,11H,1-3H3. The average molecular weight is 287 g/mol. The summed E-state index contributed by atoms with van der Waals surface area (Å²) in [5, 5.41) is 13.5. The van der Waals surface area contributed by atoms with Gasteiger partial charge in [0.1, 0.15) is 0 Å². The largest absolute Gasteiger partial charge is 0.195 e. The van der Waals surface area contributed by atoms with E-state index in [0.717, 1.165) is 22.6 Å². The van der Waals surface area contributed by atoms with Crippen molar-refractivity contribution in [1.82, 2.24) is 19.8 Å². The van der Waals surface area contributed by atoms with E-state index in [1.54, 1.807) is 4.52 Å². The van der Waals surface area contributed by atoms with Crippen molar-refractivity contribution in [1.29, 1.82) is 0 Å². The molecule has 5 heteroatoms. The molecule has 1 unspecified atom stereocenters. The van der Waals surface area contributed by atoms with Crippen LogP contribution in [0.1, 0.15) is 35.4 Å². The molecule has 3 rings (SSSR count). The van der Waals surface area contributed by atoms with Crippen LogP contribution in [0.3, 0.4) is 0 Å². The molecule has 2 heterocycles. The normalized spacial score (nSPS) is 12.8. The number of aryl methyl sites for hydroxylation is 1. The van der Waals surface area contributed by atoms with Crippen molar-refractivity contribution >= 4 is 17.2 Å².